The van der Waals surface area contributed by atoms with Crippen LogP contribution in [0.2, 0.25) is 0 Å². The molecule has 1 fully saturated rings. The molecule has 3 aromatic carbocycles. The highest BCUT2D eigenvalue weighted by Crippen LogP contribution is 2.39. The molecule has 1 aliphatic carbocycles. The van der Waals surface area contributed by atoms with E-state index in [9.17, 15) is 13.2 Å². The van der Waals surface area contributed by atoms with Crippen LogP contribution in [-0.4, -0.2) is 0 Å². The molecule has 0 nitrogen and oxygen atoms in total. The molecule has 3 aromatic rings. The zero-order chi connectivity index (χ0) is 19.0. The molecule has 0 N–H and O–H groups in total. The Labute approximate surface area is 157 Å². The van der Waals surface area contributed by atoms with Gasteiger partial charge in [-0.15, -0.1) is 6.58 Å². The molecule has 0 atom stereocenters. The van der Waals surface area contributed by atoms with E-state index in [1.807, 2.05) is 6.08 Å². The SMILES string of the molecule is C=CC1CCC(c2cc(F)c(-c3ccc4ccccc4c3F)c(F)c2)CC1. The highest BCUT2D eigenvalue weighted by Gasteiger charge is 2.24. The van der Waals surface area contributed by atoms with Gasteiger partial charge in [-0.25, -0.2) is 13.2 Å². The van der Waals surface area contributed by atoms with Gasteiger partial charge in [0.1, 0.15) is 17.5 Å². The van der Waals surface area contributed by atoms with Gasteiger partial charge < -0.3 is 0 Å². The van der Waals surface area contributed by atoms with E-state index in [1.54, 1.807) is 30.3 Å². The summed E-state index contributed by atoms with van der Waals surface area (Å²) in [7, 11) is 0. The van der Waals surface area contributed by atoms with Crippen LogP contribution in [0.1, 0.15) is 37.2 Å². The fourth-order valence-corrected chi connectivity index (χ4v) is 4.20. The summed E-state index contributed by atoms with van der Waals surface area (Å²) in [6.45, 7) is 3.83. The maximum Gasteiger partial charge on any atom is 0.139 e. The van der Waals surface area contributed by atoms with E-state index >= 15 is 0 Å². The minimum Gasteiger partial charge on any atom is -0.206 e. The quantitative estimate of drug-likeness (QED) is 0.424. The van der Waals surface area contributed by atoms with Crippen molar-refractivity contribution in [2.75, 3.05) is 0 Å². The second-order valence-electron chi connectivity index (χ2n) is 7.36. The minimum absolute atomic E-state index is 0.0365. The zero-order valence-corrected chi connectivity index (χ0v) is 15.0. The largest absolute Gasteiger partial charge is 0.206 e. The second-order valence-corrected chi connectivity index (χ2v) is 7.36. The minimum atomic E-state index is -0.704. The Balaban J connectivity index is 1.73. The summed E-state index contributed by atoms with van der Waals surface area (Å²) in [4.78, 5) is 0. The molecule has 27 heavy (non-hydrogen) atoms. The predicted molar refractivity (Wildman–Crippen MR) is 104 cm³/mol. The maximum atomic E-state index is 14.9. The van der Waals surface area contributed by atoms with Crippen molar-refractivity contribution in [3.05, 3.63) is 84.2 Å². The van der Waals surface area contributed by atoms with Crippen molar-refractivity contribution in [3.8, 4) is 11.1 Å². The van der Waals surface area contributed by atoms with Crippen LogP contribution >= 0.6 is 0 Å². The van der Waals surface area contributed by atoms with E-state index in [4.69, 9.17) is 0 Å². The number of hydrogen-bond acceptors (Lipinski definition) is 0. The highest BCUT2D eigenvalue weighted by atomic mass is 19.1. The molecular formula is C24H21F3. The van der Waals surface area contributed by atoms with Crippen molar-refractivity contribution < 1.29 is 13.2 Å². The number of allylic oxidation sites excluding steroid dienone is 1. The number of fused-ring (bicyclic) bond motifs is 1. The first kappa shape index (κ1) is 17.8. The Bertz CT molecular complexity index is 975. The topological polar surface area (TPSA) is 0 Å². The van der Waals surface area contributed by atoms with Crippen molar-refractivity contribution in [1.29, 1.82) is 0 Å². The van der Waals surface area contributed by atoms with Crippen molar-refractivity contribution in [1.82, 2.24) is 0 Å². The Morgan fingerprint density at radius 3 is 2.19 bits per heavy atom. The van der Waals surface area contributed by atoms with Gasteiger partial charge in [-0.1, -0.05) is 42.5 Å². The average Bonchev–Trinajstić information content (AvgIpc) is 2.69. The van der Waals surface area contributed by atoms with Crippen LogP contribution in [0.25, 0.3) is 21.9 Å². The fourth-order valence-electron chi connectivity index (χ4n) is 4.20. The fraction of sp³-hybridized carbons (Fsp3) is 0.250. The normalized spacial score (nSPS) is 20.0. The molecule has 0 amide bonds. The lowest BCUT2D eigenvalue weighted by atomic mass is 9.78. The first-order valence-corrected chi connectivity index (χ1v) is 9.37. The zero-order valence-electron chi connectivity index (χ0n) is 15.0. The van der Waals surface area contributed by atoms with Gasteiger partial charge in [0.05, 0.1) is 5.56 Å². The van der Waals surface area contributed by atoms with E-state index in [-0.39, 0.29) is 17.0 Å². The van der Waals surface area contributed by atoms with Crippen LogP contribution in [0.15, 0.2) is 61.2 Å². The van der Waals surface area contributed by atoms with Crippen molar-refractivity contribution in [3.63, 3.8) is 0 Å². The summed E-state index contributed by atoms with van der Waals surface area (Å²) in [5.41, 5.74) is 0.338. The lowest BCUT2D eigenvalue weighted by Crippen LogP contribution is -2.12. The lowest BCUT2D eigenvalue weighted by Gasteiger charge is -2.27. The van der Waals surface area contributed by atoms with Crippen LogP contribution in [0.4, 0.5) is 13.2 Å². The van der Waals surface area contributed by atoms with Crippen LogP contribution < -0.4 is 0 Å². The van der Waals surface area contributed by atoms with Crippen LogP contribution in [0, 0.1) is 23.4 Å². The van der Waals surface area contributed by atoms with E-state index in [0.29, 0.717) is 22.3 Å². The summed E-state index contributed by atoms with van der Waals surface area (Å²) in [6.07, 6.45) is 5.71. The van der Waals surface area contributed by atoms with E-state index in [2.05, 4.69) is 6.58 Å². The molecule has 1 saturated carbocycles. The Morgan fingerprint density at radius 1 is 0.852 bits per heavy atom. The molecule has 3 heteroatoms. The van der Waals surface area contributed by atoms with Crippen molar-refractivity contribution >= 4 is 10.8 Å². The van der Waals surface area contributed by atoms with Gasteiger partial charge in [0.25, 0.3) is 0 Å². The standard InChI is InChI=1S/C24H21F3/c1-2-15-7-9-16(10-8-15)18-13-21(25)23(22(26)14-18)20-12-11-17-5-3-4-6-19(17)24(20)27/h2-6,11-16H,1,7-10H2. The van der Waals surface area contributed by atoms with Gasteiger partial charge in [-0.05, 0) is 60.6 Å². The van der Waals surface area contributed by atoms with E-state index in [0.717, 1.165) is 25.7 Å². The third kappa shape index (κ3) is 3.27. The van der Waals surface area contributed by atoms with Crippen LogP contribution in [0.3, 0.4) is 0 Å². The monoisotopic (exact) mass is 366 g/mol. The molecular weight excluding hydrogens is 345 g/mol. The van der Waals surface area contributed by atoms with Gasteiger partial charge in [-0.3, -0.25) is 0 Å². The molecule has 0 saturated heterocycles. The third-order valence-corrected chi connectivity index (χ3v) is 5.77. The summed E-state index contributed by atoms with van der Waals surface area (Å²) in [5, 5.41) is 1.07. The smallest absolute Gasteiger partial charge is 0.139 e. The summed E-state index contributed by atoms with van der Waals surface area (Å²) in [5.74, 6) is -1.37. The number of halogens is 3. The highest BCUT2D eigenvalue weighted by molar-refractivity contribution is 5.88. The molecule has 0 aromatic heterocycles. The Hall–Kier alpha value is -2.55. The number of benzene rings is 3. The first-order chi connectivity index (χ1) is 13.1. The van der Waals surface area contributed by atoms with Crippen molar-refractivity contribution in [2.24, 2.45) is 5.92 Å². The summed E-state index contributed by atoms with van der Waals surface area (Å²) >= 11 is 0. The molecule has 0 spiro atoms. The van der Waals surface area contributed by atoms with Crippen LogP contribution in [-0.2, 0) is 0 Å². The Kier molecular flexibility index (Phi) is 4.77. The van der Waals surface area contributed by atoms with Crippen molar-refractivity contribution in [2.45, 2.75) is 31.6 Å². The van der Waals surface area contributed by atoms with Gasteiger partial charge in [0, 0.05) is 10.9 Å². The van der Waals surface area contributed by atoms with Gasteiger partial charge in [-0.2, -0.15) is 0 Å². The second kappa shape index (κ2) is 7.22. The Morgan fingerprint density at radius 2 is 1.52 bits per heavy atom. The van der Waals surface area contributed by atoms with Gasteiger partial charge >= 0.3 is 0 Å². The number of hydrogen-bond donors (Lipinski definition) is 0. The number of rotatable bonds is 3. The summed E-state index contributed by atoms with van der Waals surface area (Å²) in [6, 6.07) is 12.8. The predicted octanol–water partition coefficient (Wildman–Crippen LogP) is 7.38. The molecule has 1 aliphatic rings. The average molecular weight is 366 g/mol. The summed E-state index contributed by atoms with van der Waals surface area (Å²) < 4.78 is 44.6. The first-order valence-electron chi connectivity index (χ1n) is 9.37. The van der Waals surface area contributed by atoms with E-state index in [1.165, 1.54) is 18.2 Å². The molecule has 138 valence electrons. The molecule has 0 heterocycles. The lowest BCUT2D eigenvalue weighted by molar-refractivity contribution is 0.374. The van der Waals surface area contributed by atoms with Gasteiger partial charge in [0.15, 0.2) is 0 Å². The molecule has 0 unspecified atom stereocenters. The third-order valence-electron chi connectivity index (χ3n) is 5.77. The molecule has 0 radical (unpaired) electrons. The van der Waals surface area contributed by atoms with Crippen LogP contribution in [0.5, 0.6) is 0 Å². The van der Waals surface area contributed by atoms with E-state index < -0.39 is 17.5 Å². The molecule has 0 bridgehead atoms. The molecule has 0 aliphatic heterocycles. The maximum absolute atomic E-state index is 14.9. The molecule has 4 rings (SSSR count). The van der Waals surface area contributed by atoms with Gasteiger partial charge in [0.2, 0.25) is 0 Å².